The van der Waals surface area contributed by atoms with Gasteiger partial charge in [0.15, 0.2) is 0 Å². The molecule has 326 valence electrons. The number of para-hydroxylation sites is 5. The highest BCUT2D eigenvalue weighted by molar-refractivity contribution is 6.98. The topological polar surface area (TPSA) is 31.6 Å². The summed E-state index contributed by atoms with van der Waals surface area (Å²) in [7, 11) is 0. The standard InChI is InChI=1S/C64H40BN3O2/c1-5-20-43(21-6-1)66(44-22-7-2-8-23-44)47-32-33-51-53-38-55-61(40-59(53)68(57(51)36-47)46-26-11-4-12-27-46)70-63-35-42(49-30-17-19-41-18-13-14-28-48(41)49)34-62-64(63)65(55)54-37-52-50-29-15-16-31-56(50)67(45-24-9-3-10-25-45)58(52)39-60(54)69-62/h1-40H. The maximum atomic E-state index is 7.30. The van der Waals surface area contributed by atoms with Crippen LogP contribution in [0.25, 0.3) is 76.9 Å². The number of hydrogen-bond acceptors (Lipinski definition) is 3. The van der Waals surface area contributed by atoms with E-state index in [-0.39, 0.29) is 6.71 Å². The van der Waals surface area contributed by atoms with E-state index in [1.165, 1.54) is 21.5 Å². The molecule has 13 aromatic rings. The first-order valence-corrected chi connectivity index (χ1v) is 23.9. The normalized spacial score (nSPS) is 12.5. The van der Waals surface area contributed by atoms with Crippen molar-refractivity contribution in [3.63, 3.8) is 0 Å². The van der Waals surface area contributed by atoms with E-state index in [0.29, 0.717) is 0 Å². The molecule has 0 atom stereocenters. The number of fused-ring (bicyclic) bond motifs is 11. The second-order valence-corrected chi connectivity index (χ2v) is 18.4. The molecule has 0 saturated carbocycles. The van der Waals surface area contributed by atoms with Crippen LogP contribution in [0.3, 0.4) is 0 Å². The minimum atomic E-state index is -0.173. The van der Waals surface area contributed by atoms with Gasteiger partial charge in [-0.1, -0.05) is 152 Å². The van der Waals surface area contributed by atoms with Gasteiger partial charge in [0.2, 0.25) is 0 Å². The summed E-state index contributed by atoms with van der Waals surface area (Å²) >= 11 is 0. The van der Waals surface area contributed by atoms with Crippen molar-refractivity contribution in [1.29, 1.82) is 0 Å². The van der Waals surface area contributed by atoms with E-state index in [4.69, 9.17) is 9.47 Å². The third-order valence-electron chi connectivity index (χ3n) is 14.6. The van der Waals surface area contributed by atoms with Crippen LogP contribution in [0, 0.1) is 0 Å². The van der Waals surface area contributed by atoms with Crippen molar-refractivity contribution in [2.24, 2.45) is 0 Å². The van der Waals surface area contributed by atoms with E-state index in [0.717, 1.165) is 112 Å². The van der Waals surface area contributed by atoms with Crippen molar-refractivity contribution >= 4 is 94.5 Å². The first-order valence-electron chi connectivity index (χ1n) is 23.9. The Kier molecular flexibility index (Phi) is 8.39. The van der Waals surface area contributed by atoms with E-state index in [2.05, 4.69) is 257 Å². The zero-order valence-corrected chi connectivity index (χ0v) is 37.8. The average molecular weight is 894 g/mol. The van der Waals surface area contributed by atoms with E-state index in [1.54, 1.807) is 0 Å². The summed E-state index contributed by atoms with van der Waals surface area (Å²) in [5, 5.41) is 7.08. The van der Waals surface area contributed by atoms with Gasteiger partial charge in [-0.2, -0.15) is 0 Å². The Balaban J connectivity index is 1.00. The molecule has 0 amide bonds. The van der Waals surface area contributed by atoms with Crippen LogP contribution < -0.4 is 30.8 Å². The number of aromatic nitrogens is 2. The van der Waals surface area contributed by atoms with Gasteiger partial charge in [-0.05, 0) is 112 Å². The van der Waals surface area contributed by atoms with Crippen LogP contribution in [0.15, 0.2) is 243 Å². The third-order valence-corrected chi connectivity index (χ3v) is 14.6. The van der Waals surface area contributed by atoms with Gasteiger partial charge in [-0.25, -0.2) is 0 Å². The fourth-order valence-electron chi connectivity index (χ4n) is 11.5. The summed E-state index contributed by atoms with van der Waals surface area (Å²) in [4.78, 5) is 2.33. The molecule has 0 spiro atoms. The molecule has 0 radical (unpaired) electrons. The first kappa shape index (κ1) is 38.8. The van der Waals surface area contributed by atoms with Crippen molar-refractivity contribution < 1.29 is 9.47 Å². The van der Waals surface area contributed by atoms with Gasteiger partial charge < -0.3 is 23.5 Å². The highest BCUT2D eigenvalue weighted by atomic mass is 16.5. The van der Waals surface area contributed by atoms with Crippen LogP contribution in [-0.2, 0) is 0 Å². The molecular formula is C64H40BN3O2. The molecule has 70 heavy (non-hydrogen) atoms. The van der Waals surface area contributed by atoms with Crippen molar-refractivity contribution in [1.82, 2.24) is 9.13 Å². The summed E-state index contributed by atoms with van der Waals surface area (Å²) in [5.41, 5.74) is 15.3. The van der Waals surface area contributed by atoms with E-state index in [1.807, 2.05) is 0 Å². The van der Waals surface area contributed by atoms with Gasteiger partial charge in [0.1, 0.15) is 23.0 Å². The lowest BCUT2D eigenvalue weighted by Crippen LogP contribution is -2.57. The van der Waals surface area contributed by atoms with E-state index >= 15 is 0 Å². The third kappa shape index (κ3) is 5.80. The highest BCUT2D eigenvalue weighted by Gasteiger charge is 2.42. The smallest absolute Gasteiger partial charge is 0.260 e. The first-order chi connectivity index (χ1) is 34.7. The van der Waals surface area contributed by atoms with Gasteiger partial charge in [0.05, 0.1) is 22.1 Å². The number of hydrogen-bond donors (Lipinski definition) is 0. The minimum absolute atomic E-state index is 0.173. The molecule has 6 heteroatoms. The molecule has 0 N–H and O–H groups in total. The van der Waals surface area contributed by atoms with Crippen LogP contribution >= 0.6 is 0 Å². The Morgan fingerprint density at radius 2 is 0.814 bits per heavy atom. The van der Waals surface area contributed by atoms with Crippen LogP contribution in [0.4, 0.5) is 17.1 Å². The molecule has 2 aliphatic heterocycles. The molecule has 0 saturated heterocycles. The predicted molar refractivity (Wildman–Crippen MR) is 290 cm³/mol. The lowest BCUT2D eigenvalue weighted by atomic mass is 9.34. The Labute approximate surface area is 404 Å². The molecule has 2 aliphatic rings. The maximum absolute atomic E-state index is 7.30. The Morgan fingerprint density at radius 3 is 1.43 bits per heavy atom. The summed E-state index contributed by atoms with van der Waals surface area (Å²) in [6.45, 7) is -0.173. The highest BCUT2D eigenvalue weighted by Crippen LogP contribution is 2.45. The van der Waals surface area contributed by atoms with Crippen molar-refractivity contribution in [3.05, 3.63) is 243 Å². The predicted octanol–water partition coefficient (Wildman–Crippen LogP) is 14.9. The van der Waals surface area contributed by atoms with Crippen LogP contribution in [0.2, 0.25) is 0 Å². The second kappa shape index (κ2) is 15.1. The van der Waals surface area contributed by atoms with Crippen LogP contribution in [-0.4, -0.2) is 15.8 Å². The van der Waals surface area contributed by atoms with Gasteiger partial charge in [-0.15, -0.1) is 0 Å². The summed E-state index contributed by atoms with van der Waals surface area (Å²) in [6.07, 6.45) is 0. The monoisotopic (exact) mass is 893 g/mol. The molecule has 4 heterocycles. The molecule has 0 fully saturated rings. The summed E-state index contributed by atoms with van der Waals surface area (Å²) in [5.74, 6) is 3.29. The number of nitrogens with zero attached hydrogens (tertiary/aromatic N) is 3. The molecular weight excluding hydrogens is 854 g/mol. The number of ether oxygens (including phenoxy) is 2. The number of anilines is 3. The molecule has 0 unspecified atom stereocenters. The SMILES string of the molecule is c1ccc(N(c2ccccc2)c2ccc3c4cc5c(cc4n(-c4ccccc4)c3c2)Oc2cc(-c3cccc4ccccc34)cc3c2B5c2cc4c5ccccc5n(-c5ccccc5)c4cc2O3)cc1. The van der Waals surface area contributed by atoms with Gasteiger partial charge >= 0.3 is 0 Å². The molecule has 2 aromatic heterocycles. The fraction of sp³-hybridized carbons (Fsp3) is 0. The quantitative estimate of drug-likeness (QED) is 0.156. The lowest BCUT2D eigenvalue weighted by Gasteiger charge is -2.33. The largest absolute Gasteiger partial charge is 0.458 e. The van der Waals surface area contributed by atoms with Crippen LogP contribution in [0.5, 0.6) is 23.0 Å². The van der Waals surface area contributed by atoms with Gasteiger partial charge in [0, 0.05) is 67.6 Å². The van der Waals surface area contributed by atoms with E-state index < -0.39 is 0 Å². The Hall–Kier alpha value is -9.26. The average Bonchev–Trinajstić information content (AvgIpc) is 3.91. The molecule has 15 rings (SSSR count). The van der Waals surface area contributed by atoms with Crippen molar-refractivity contribution in [3.8, 4) is 45.5 Å². The number of benzene rings is 11. The van der Waals surface area contributed by atoms with Crippen LogP contribution in [0.1, 0.15) is 0 Å². The Morgan fingerprint density at radius 1 is 0.329 bits per heavy atom. The zero-order chi connectivity index (χ0) is 45.9. The van der Waals surface area contributed by atoms with Crippen molar-refractivity contribution in [2.45, 2.75) is 0 Å². The zero-order valence-electron chi connectivity index (χ0n) is 37.8. The van der Waals surface area contributed by atoms with Crippen molar-refractivity contribution in [2.75, 3.05) is 4.90 Å². The van der Waals surface area contributed by atoms with Gasteiger partial charge in [0.25, 0.3) is 6.71 Å². The summed E-state index contributed by atoms with van der Waals surface area (Å²) < 4.78 is 19.3. The second-order valence-electron chi connectivity index (χ2n) is 18.4. The molecule has 0 aliphatic carbocycles. The molecule has 11 aromatic carbocycles. The molecule has 5 nitrogen and oxygen atoms in total. The van der Waals surface area contributed by atoms with Gasteiger partial charge in [-0.3, -0.25) is 0 Å². The Bertz CT molecular complexity index is 4200. The lowest BCUT2D eigenvalue weighted by molar-refractivity contribution is 0.465. The number of rotatable bonds is 6. The minimum Gasteiger partial charge on any atom is -0.458 e. The fourth-order valence-corrected chi connectivity index (χ4v) is 11.5. The molecule has 0 bridgehead atoms. The summed E-state index contributed by atoms with van der Waals surface area (Å²) in [6, 6.07) is 87.2. The van der Waals surface area contributed by atoms with E-state index in [9.17, 15) is 0 Å². The maximum Gasteiger partial charge on any atom is 0.260 e.